The molecule has 0 amide bonds. The second-order valence-electron chi connectivity index (χ2n) is 7.71. The second kappa shape index (κ2) is 8.32. The Bertz CT molecular complexity index is 1170. The summed E-state index contributed by atoms with van der Waals surface area (Å²) in [5.41, 5.74) is 6.52. The van der Waals surface area contributed by atoms with Gasteiger partial charge in [0.15, 0.2) is 0 Å². The molecular weight excluding hydrogens is 391 g/mol. The highest BCUT2D eigenvalue weighted by atomic mass is 19.1. The number of ether oxygens (including phenoxy) is 1. The third-order valence-electron chi connectivity index (χ3n) is 5.70. The van der Waals surface area contributed by atoms with E-state index in [-0.39, 0.29) is 5.82 Å². The largest absolute Gasteiger partial charge is 0.497 e. The topological polar surface area (TPSA) is 43.2 Å². The van der Waals surface area contributed by atoms with E-state index >= 15 is 0 Å². The Morgan fingerprint density at radius 1 is 0.968 bits per heavy atom. The SMILES string of the molecule is COc1ccc(CN2CCc3nn(-c4ccc(F)cc4)c(-c4ccncc4)c3C2)cc1. The number of nitrogens with zero attached hydrogens (tertiary/aromatic N) is 4. The summed E-state index contributed by atoms with van der Waals surface area (Å²) in [7, 11) is 1.68. The molecule has 5 nitrogen and oxygen atoms in total. The van der Waals surface area contributed by atoms with Gasteiger partial charge in [0, 0.05) is 49.6 Å². The number of fused-ring (bicyclic) bond motifs is 1. The summed E-state index contributed by atoms with van der Waals surface area (Å²) in [6.45, 7) is 2.61. The monoisotopic (exact) mass is 414 g/mol. The molecule has 156 valence electrons. The highest BCUT2D eigenvalue weighted by Crippen LogP contribution is 2.33. The molecule has 0 N–H and O–H groups in total. The van der Waals surface area contributed by atoms with E-state index in [1.54, 1.807) is 31.6 Å². The molecule has 0 unspecified atom stereocenters. The predicted octanol–water partition coefficient (Wildman–Crippen LogP) is 4.64. The molecule has 3 heterocycles. The van der Waals surface area contributed by atoms with Crippen LogP contribution in [0.1, 0.15) is 16.8 Å². The number of hydrogen-bond acceptors (Lipinski definition) is 4. The maximum atomic E-state index is 13.5. The van der Waals surface area contributed by atoms with Gasteiger partial charge in [-0.1, -0.05) is 12.1 Å². The molecule has 31 heavy (non-hydrogen) atoms. The van der Waals surface area contributed by atoms with Crippen LogP contribution in [0.4, 0.5) is 4.39 Å². The van der Waals surface area contributed by atoms with Crippen LogP contribution in [0.3, 0.4) is 0 Å². The molecule has 0 saturated heterocycles. The van der Waals surface area contributed by atoms with Crippen molar-refractivity contribution >= 4 is 0 Å². The molecule has 0 bridgehead atoms. The molecular formula is C25H23FN4O. The summed E-state index contributed by atoms with van der Waals surface area (Å²) in [5, 5.41) is 4.92. The van der Waals surface area contributed by atoms with Gasteiger partial charge in [0.1, 0.15) is 11.6 Å². The van der Waals surface area contributed by atoms with Crippen LogP contribution in [0.15, 0.2) is 73.1 Å². The summed E-state index contributed by atoms with van der Waals surface area (Å²) in [6.07, 6.45) is 4.46. The van der Waals surface area contributed by atoms with Crippen molar-refractivity contribution < 1.29 is 9.13 Å². The van der Waals surface area contributed by atoms with E-state index in [1.807, 2.05) is 28.9 Å². The predicted molar refractivity (Wildman–Crippen MR) is 118 cm³/mol. The normalized spacial score (nSPS) is 13.7. The number of pyridine rings is 1. The molecule has 4 aromatic rings. The van der Waals surface area contributed by atoms with Crippen molar-refractivity contribution in [2.45, 2.75) is 19.5 Å². The van der Waals surface area contributed by atoms with E-state index < -0.39 is 0 Å². The molecule has 0 spiro atoms. The minimum Gasteiger partial charge on any atom is -0.497 e. The lowest BCUT2D eigenvalue weighted by atomic mass is 10.0. The van der Waals surface area contributed by atoms with E-state index in [0.29, 0.717) is 0 Å². The molecule has 1 aliphatic heterocycles. The van der Waals surface area contributed by atoms with Crippen LogP contribution in [0, 0.1) is 5.82 Å². The van der Waals surface area contributed by atoms with Gasteiger partial charge in [-0.2, -0.15) is 5.10 Å². The van der Waals surface area contributed by atoms with Gasteiger partial charge in [0.2, 0.25) is 0 Å². The summed E-state index contributed by atoms with van der Waals surface area (Å²) in [4.78, 5) is 6.60. The third kappa shape index (κ3) is 3.94. The molecule has 0 aliphatic carbocycles. The average molecular weight is 414 g/mol. The maximum absolute atomic E-state index is 13.5. The highest BCUT2D eigenvalue weighted by molar-refractivity contribution is 5.67. The van der Waals surface area contributed by atoms with Crippen LogP contribution in [-0.4, -0.2) is 33.3 Å². The molecule has 0 fully saturated rings. The van der Waals surface area contributed by atoms with Crippen LogP contribution in [0.5, 0.6) is 5.75 Å². The molecule has 5 rings (SSSR count). The highest BCUT2D eigenvalue weighted by Gasteiger charge is 2.26. The summed E-state index contributed by atoms with van der Waals surface area (Å²) < 4.78 is 20.7. The minimum absolute atomic E-state index is 0.253. The molecule has 2 aromatic heterocycles. The molecule has 1 aliphatic rings. The number of halogens is 1. The number of hydrogen-bond donors (Lipinski definition) is 0. The summed E-state index contributed by atoms with van der Waals surface area (Å²) in [5.74, 6) is 0.613. The fourth-order valence-corrected chi connectivity index (χ4v) is 4.13. The zero-order chi connectivity index (χ0) is 21.2. The quantitative estimate of drug-likeness (QED) is 0.477. The Hall–Kier alpha value is -3.51. The van der Waals surface area contributed by atoms with Crippen molar-refractivity contribution in [3.05, 3.63) is 95.7 Å². The molecule has 0 atom stereocenters. The van der Waals surface area contributed by atoms with Crippen molar-refractivity contribution in [3.63, 3.8) is 0 Å². The van der Waals surface area contributed by atoms with E-state index in [1.165, 1.54) is 23.3 Å². The number of rotatable bonds is 5. The Morgan fingerprint density at radius 3 is 2.42 bits per heavy atom. The van der Waals surface area contributed by atoms with Crippen LogP contribution in [0.2, 0.25) is 0 Å². The Kier molecular flexibility index (Phi) is 5.22. The van der Waals surface area contributed by atoms with E-state index in [2.05, 4.69) is 22.0 Å². The fraction of sp³-hybridized carbons (Fsp3) is 0.200. The van der Waals surface area contributed by atoms with E-state index in [9.17, 15) is 4.39 Å². The first kappa shape index (κ1) is 19.5. The zero-order valence-electron chi connectivity index (χ0n) is 17.3. The first-order valence-electron chi connectivity index (χ1n) is 10.3. The Balaban J connectivity index is 1.51. The van der Waals surface area contributed by atoms with Crippen LogP contribution in [-0.2, 0) is 19.5 Å². The van der Waals surface area contributed by atoms with Crippen LogP contribution < -0.4 is 4.74 Å². The van der Waals surface area contributed by atoms with Crippen molar-refractivity contribution in [2.24, 2.45) is 0 Å². The second-order valence-corrected chi connectivity index (χ2v) is 7.71. The van der Waals surface area contributed by atoms with Gasteiger partial charge >= 0.3 is 0 Å². The van der Waals surface area contributed by atoms with Gasteiger partial charge in [-0.25, -0.2) is 9.07 Å². The molecule has 0 saturated carbocycles. The lowest BCUT2D eigenvalue weighted by Gasteiger charge is -2.27. The first-order chi connectivity index (χ1) is 15.2. The molecule has 0 radical (unpaired) electrons. The van der Waals surface area contributed by atoms with E-state index in [4.69, 9.17) is 9.84 Å². The Morgan fingerprint density at radius 2 is 1.71 bits per heavy atom. The van der Waals surface area contributed by atoms with Gasteiger partial charge < -0.3 is 4.74 Å². The molecule has 2 aromatic carbocycles. The van der Waals surface area contributed by atoms with E-state index in [0.717, 1.165) is 54.4 Å². The number of methoxy groups -OCH3 is 1. The number of aromatic nitrogens is 3. The van der Waals surface area contributed by atoms with Gasteiger partial charge in [0.25, 0.3) is 0 Å². The molecule has 6 heteroatoms. The van der Waals surface area contributed by atoms with Crippen molar-refractivity contribution in [3.8, 4) is 22.7 Å². The number of benzene rings is 2. The van der Waals surface area contributed by atoms with Crippen molar-refractivity contribution in [1.82, 2.24) is 19.7 Å². The van der Waals surface area contributed by atoms with Crippen molar-refractivity contribution in [2.75, 3.05) is 13.7 Å². The third-order valence-corrected chi connectivity index (χ3v) is 5.70. The summed E-state index contributed by atoms with van der Waals surface area (Å²) >= 11 is 0. The van der Waals surface area contributed by atoms with Gasteiger partial charge in [0.05, 0.1) is 24.2 Å². The average Bonchev–Trinajstić information content (AvgIpc) is 3.19. The first-order valence-corrected chi connectivity index (χ1v) is 10.3. The van der Waals surface area contributed by atoms with Gasteiger partial charge in [-0.05, 0) is 54.1 Å². The van der Waals surface area contributed by atoms with Crippen molar-refractivity contribution in [1.29, 1.82) is 0 Å². The summed E-state index contributed by atoms with van der Waals surface area (Å²) in [6, 6.07) is 18.7. The standard InChI is InChI=1S/C25H23FN4O/c1-31-22-8-2-18(3-9-22)16-29-15-12-24-23(17-29)25(19-10-13-27-14-11-19)30(28-24)21-6-4-20(26)5-7-21/h2-11,13-14H,12,15-17H2,1H3. The van der Waals surface area contributed by atoms with Gasteiger partial charge in [-0.15, -0.1) is 0 Å². The van der Waals surface area contributed by atoms with Crippen LogP contribution in [0.25, 0.3) is 16.9 Å². The fourth-order valence-electron chi connectivity index (χ4n) is 4.13. The zero-order valence-corrected chi connectivity index (χ0v) is 17.3. The Labute approximate surface area is 180 Å². The maximum Gasteiger partial charge on any atom is 0.123 e. The lowest BCUT2D eigenvalue weighted by molar-refractivity contribution is 0.245. The van der Waals surface area contributed by atoms with Gasteiger partial charge in [-0.3, -0.25) is 9.88 Å². The smallest absolute Gasteiger partial charge is 0.123 e. The van der Waals surface area contributed by atoms with Crippen LogP contribution >= 0.6 is 0 Å². The lowest BCUT2D eigenvalue weighted by Crippen LogP contribution is -2.29. The minimum atomic E-state index is -0.253.